The van der Waals surface area contributed by atoms with Crippen LogP contribution in [-0.4, -0.2) is 21.2 Å². The van der Waals surface area contributed by atoms with Gasteiger partial charge in [-0.05, 0) is 12.1 Å². The fourth-order valence-corrected chi connectivity index (χ4v) is 1.60. The topological polar surface area (TPSA) is 70.4 Å². The molecule has 0 aliphatic carbocycles. The summed E-state index contributed by atoms with van der Waals surface area (Å²) in [6, 6.07) is 4.51. The van der Waals surface area contributed by atoms with E-state index >= 15 is 0 Å². The molecule has 4 nitrogen and oxygen atoms in total. The molecule has 2 rings (SSSR count). The molecule has 0 fully saturated rings. The Hall–Kier alpha value is -1.81. The number of carboxylic acid groups (broad SMARTS) is 1. The molecule has 5 heteroatoms. The molecular weight excluding hydrogens is 218 g/mol. The van der Waals surface area contributed by atoms with E-state index < -0.39 is 5.97 Å². The first-order chi connectivity index (χ1) is 7.09. The van der Waals surface area contributed by atoms with Crippen molar-refractivity contribution in [2.24, 2.45) is 0 Å². The highest BCUT2D eigenvalue weighted by Crippen LogP contribution is 2.26. The fourth-order valence-electron chi connectivity index (χ4n) is 1.37. The lowest BCUT2D eigenvalue weighted by molar-refractivity contribution is 0.0699. The number of hydrogen-bond donors (Lipinski definition) is 2. The van der Waals surface area contributed by atoms with Crippen LogP contribution in [0.1, 0.15) is 10.4 Å². The summed E-state index contributed by atoms with van der Waals surface area (Å²) >= 11 is 5.75. The zero-order chi connectivity index (χ0) is 11.0. The van der Waals surface area contributed by atoms with E-state index in [9.17, 15) is 9.90 Å². The normalized spacial score (nSPS) is 10.5. The highest BCUT2D eigenvalue weighted by atomic mass is 35.5. The molecular formula is C10H6ClNO3. The van der Waals surface area contributed by atoms with E-state index in [-0.39, 0.29) is 21.9 Å². The van der Waals surface area contributed by atoms with Crippen LogP contribution >= 0.6 is 11.6 Å². The van der Waals surface area contributed by atoms with Crippen molar-refractivity contribution >= 4 is 28.5 Å². The number of rotatable bonds is 1. The number of aromatic carboxylic acids is 1. The molecule has 0 aliphatic rings. The van der Waals surface area contributed by atoms with Gasteiger partial charge in [0, 0.05) is 5.39 Å². The number of aromatic nitrogens is 1. The van der Waals surface area contributed by atoms with Crippen LogP contribution in [0, 0.1) is 0 Å². The minimum absolute atomic E-state index is 0.0128. The molecule has 15 heavy (non-hydrogen) atoms. The number of benzene rings is 1. The Kier molecular flexibility index (Phi) is 2.21. The number of halogens is 1. The van der Waals surface area contributed by atoms with E-state index in [4.69, 9.17) is 16.7 Å². The highest BCUT2D eigenvalue weighted by molar-refractivity contribution is 6.35. The Morgan fingerprint density at radius 3 is 2.80 bits per heavy atom. The van der Waals surface area contributed by atoms with Gasteiger partial charge in [-0.15, -0.1) is 0 Å². The van der Waals surface area contributed by atoms with Gasteiger partial charge in [-0.3, -0.25) is 4.98 Å². The third-order valence-electron chi connectivity index (χ3n) is 2.00. The number of hydrogen-bond acceptors (Lipinski definition) is 3. The molecule has 0 bridgehead atoms. The van der Waals surface area contributed by atoms with Gasteiger partial charge in [0.1, 0.15) is 11.3 Å². The second kappa shape index (κ2) is 3.40. The molecule has 1 heterocycles. The Morgan fingerprint density at radius 2 is 2.13 bits per heavy atom. The Labute approximate surface area is 89.8 Å². The number of pyridine rings is 1. The van der Waals surface area contributed by atoms with E-state index in [1.165, 1.54) is 18.3 Å². The summed E-state index contributed by atoms with van der Waals surface area (Å²) in [4.78, 5) is 14.8. The van der Waals surface area contributed by atoms with Crippen LogP contribution in [0.15, 0.2) is 24.4 Å². The van der Waals surface area contributed by atoms with E-state index in [0.717, 1.165) is 0 Å². The van der Waals surface area contributed by atoms with Crippen LogP contribution in [0.25, 0.3) is 10.9 Å². The van der Waals surface area contributed by atoms with Gasteiger partial charge in [-0.1, -0.05) is 17.7 Å². The minimum Gasteiger partial charge on any atom is -0.506 e. The molecule has 76 valence electrons. The molecule has 0 saturated carbocycles. The van der Waals surface area contributed by atoms with Crippen molar-refractivity contribution in [1.82, 2.24) is 4.98 Å². The van der Waals surface area contributed by atoms with Gasteiger partial charge in [-0.25, -0.2) is 4.79 Å². The first-order valence-corrected chi connectivity index (χ1v) is 4.48. The second-order valence-corrected chi connectivity index (χ2v) is 3.40. The summed E-state index contributed by atoms with van der Waals surface area (Å²) in [6.07, 6.45) is 1.19. The first-order valence-electron chi connectivity index (χ1n) is 4.10. The third kappa shape index (κ3) is 1.59. The van der Waals surface area contributed by atoms with Crippen molar-refractivity contribution in [3.05, 3.63) is 35.0 Å². The summed E-state index contributed by atoms with van der Waals surface area (Å²) in [7, 11) is 0. The maximum Gasteiger partial charge on any atom is 0.339 e. The van der Waals surface area contributed by atoms with Crippen molar-refractivity contribution in [2.45, 2.75) is 0 Å². The molecule has 0 spiro atoms. The maximum absolute atomic E-state index is 10.9. The largest absolute Gasteiger partial charge is 0.506 e. The Bertz CT molecular complexity index is 554. The van der Waals surface area contributed by atoms with Crippen molar-refractivity contribution in [3.63, 3.8) is 0 Å². The van der Waals surface area contributed by atoms with Gasteiger partial charge in [0.05, 0.1) is 16.7 Å². The number of nitrogens with zero attached hydrogens (tertiary/aromatic N) is 1. The van der Waals surface area contributed by atoms with Crippen molar-refractivity contribution in [3.8, 4) is 5.75 Å². The SMILES string of the molecule is O=C(O)c1c(Cl)ccc2cc(O)cnc12. The second-order valence-electron chi connectivity index (χ2n) is 2.99. The summed E-state index contributed by atoms with van der Waals surface area (Å²) in [5.41, 5.74) is 0.224. The summed E-state index contributed by atoms with van der Waals surface area (Å²) < 4.78 is 0. The Morgan fingerprint density at radius 1 is 1.40 bits per heavy atom. The molecule has 0 aliphatic heterocycles. The molecule has 0 radical (unpaired) electrons. The van der Waals surface area contributed by atoms with Crippen LogP contribution in [0.2, 0.25) is 5.02 Å². The van der Waals surface area contributed by atoms with E-state index in [2.05, 4.69) is 4.98 Å². The average Bonchev–Trinajstić information content (AvgIpc) is 2.17. The van der Waals surface area contributed by atoms with Crippen LogP contribution in [-0.2, 0) is 0 Å². The van der Waals surface area contributed by atoms with E-state index in [1.54, 1.807) is 6.07 Å². The molecule has 0 saturated heterocycles. The maximum atomic E-state index is 10.9. The zero-order valence-electron chi connectivity index (χ0n) is 7.44. The predicted octanol–water partition coefficient (Wildman–Crippen LogP) is 2.29. The molecule has 1 aromatic carbocycles. The van der Waals surface area contributed by atoms with Gasteiger partial charge < -0.3 is 10.2 Å². The van der Waals surface area contributed by atoms with Gasteiger partial charge in [0.15, 0.2) is 0 Å². The number of fused-ring (bicyclic) bond motifs is 1. The van der Waals surface area contributed by atoms with Gasteiger partial charge in [0.2, 0.25) is 0 Å². The highest BCUT2D eigenvalue weighted by Gasteiger charge is 2.14. The van der Waals surface area contributed by atoms with Crippen LogP contribution in [0.5, 0.6) is 5.75 Å². The van der Waals surface area contributed by atoms with Gasteiger partial charge in [0.25, 0.3) is 0 Å². The van der Waals surface area contributed by atoms with Crippen LogP contribution in [0.4, 0.5) is 0 Å². The van der Waals surface area contributed by atoms with Crippen molar-refractivity contribution in [2.75, 3.05) is 0 Å². The molecule has 0 unspecified atom stereocenters. The zero-order valence-corrected chi connectivity index (χ0v) is 8.19. The predicted molar refractivity (Wildman–Crippen MR) is 55.4 cm³/mol. The Balaban J connectivity index is 2.88. The number of carbonyl (C=O) groups is 1. The smallest absolute Gasteiger partial charge is 0.339 e. The quantitative estimate of drug-likeness (QED) is 0.778. The van der Waals surface area contributed by atoms with E-state index in [0.29, 0.717) is 5.39 Å². The summed E-state index contributed by atoms with van der Waals surface area (Å²) in [6.45, 7) is 0. The first kappa shape index (κ1) is 9.73. The van der Waals surface area contributed by atoms with Gasteiger partial charge in [-0.2, -0.15) is 0 Å². The van der Waals surface area contributed by atoms with Crippen molar-refractivity contribution < 1.29 is 15.0 Å². The lowest BCUT2D eigenvalue weighted by Crippen LogP contribution is -2.00. The van der Waals surface area contributed by atoms with Gasteiger partial charge >= 0.3 is 5.97 Å². The van der Waals surface area contributed by atoms with Crippen molar-refractivity contribution in [1.29, 1.82) is 0 Å². The minimum atomic E-state index is -1.14. The standard InChI is InChI=1S/C10H6ClNO3/c11-7-2-1-5-3-6(13)4-12-9(5)8(7)10(14)15/h1-4,13H,(H,14,15). The fraction of sp³-hybridized carbons (Fsp3) is 0. The average molecular weight is 224 g/mol. The lowest BCUT2D eigenvalue weighted by atomic mass is 10.1. The third-order valence-corrected chi connectivity index (χ3v) is 2.32. The molecule has 2 N–H and O–H groups in total. The molecule has 0 amide bonds. The van der Waals surface area contributed by atoms with E-state index in [1.807, 2.05) is 0 Å². The number of aromatic hydroxyl groups is 1. The summed E-state index contributed by atoms with van der Waals surface area (Å²) in [5.74, 6) is -1.15. The number of carboxylic acids is 1. The lowest BCUT2D eigenvalue weighted by Gasteiger charge is -2.03. The molecule has 0 atom stereocenters. The molecule has 2 aromatic rings. The molecule has 1 aromatic heterocycles. The monoisotopic (exact) mass is 223 g/mol. The van der Waals surface area contributed by atoms with Crippen LogP contribution < -0.4 is 0 Å². The summed E-state index contributed by atoms with van der Waals surface area (Å²) in [5, 5.41) is 18.8. The van der Waals surface area contributed by atoms with Crippen LogP contribution in [0.3, 0.4) is 0 Å².